The Morgan fingerprint density at radius 3 is 2.71 bits per heavy atom. The molecule has 0 amide bonds. The van der Waals surface area contributed by atoms with Gasteiger partial charge in [-0.05, 0) is 29.9 Å². The number of benzene rings is 1. The highest BCUT2D eigenvalue weighted by Crippen LogP contribution is 2.35. The Bertz CT molecular complexity index is 317. The van der Waals surface area contributed by atoms with E-state index in [2.05, 4.69) is 38.1 Å². The van der Waals surface area contributed by atoms with Crippen LogP contribution in [0.3, 0.4) is 0 Å². The Hall–Kier alpha value is -0.820. The third-order valence-electron chi connectivity index (χ3n) is 3.34. The van der Waals surface area contributed by atoms with Crippen LogP contribution in [0.5, 0.6) is 0 Å². The van der Waals surface area contributed by atoms with Gasteiger partial charge in [0.2, 0.25) is 0 Å². The predicted molar refractivity (Wildman–Crippen MR) is 60.3 cm³/mol. The molecule has 1 heteroatoms. The summed E-state index contributed by atoms with van der Waals surface area (Å²) < 4.78 is 0. The highest BCUT2D eigenvalue weighted by molar-refractivity contribution is 5.34. The van der Waals surface area contributed by atoms with Gasteiger partial charge in [-0.3, -0.25) is 0 Å². The molecule has 0 radical (unpaired) electrons. The van der Waals surface area contributed by atoms with E-state index >= 15 is 0 Å². The molecule has 1 aliphatic carbocycles. The second kappa shape index (κ2) is 3.74. The molecule has 2 rings (SSSR count). The summed E-state index contributed by atoms with van der Waals surface area (Å²) in [6.07, 6.45) is 2.29. The molecule has 0 bridgehead atoms. The largest absolute Gasteiger partial charge is 0.327 e. The zero-order valence-corrected chi connectivity index (χ0v) is 9.03. The fraction of sp³-hybridized carbons (Fsp3) is 0.538. The van der Waals surface area contributed by atoms with Crippen molar-refractivity contribution in [3.05, 3.63) is 35.4 Å². The molecule has 2 atom stereocenters. The van der Waals surface area contributed by atoms with E-state index < -0.39 is 0 Å². The summed E-state index contributed by atoms with van der Waals surface area (Å²) in [5, 5.41) is 0. The van der Waals surface area contributed by atoms with Crippen molar-refractivity contribution >= 4 is 0 Å². The molecule has 0 heterocycles. The van der Waals surface area contributed by atoms with Crippen LogP contribution in [0.15, 0.2) is 24.3 Å². The van der Waals surface area contributed by atoms with Gasteiger partial charge in [0.15, 0.2) is 0 Å². The van der Waals surface area contributed by atoms with Crippen LogP contribution in [0.2, 0.25) is 0 Å². The van der Waals surface area contributed by atoms with Gasteiger partial charge < -0.3 is 5.73 Å². The van der Waals surface area contributed by atoms with Gasteiger partial charge in [0.1, 0.15) is 0 Å². The molecular weight excluding hydrogens is 170 g/mol. The molecule has 0 aliphatic heterocycles. The molecule has 0 fully saturated rings. The summed E-state index contributed by atoms with van der Waals surface area (Å²) in [6.45, 7) is 4.54. The standard InChI is InChI=1S/C13H19N/c1-9(2)13-11-6-4-3-5-10(11)7-8-12(13)14/h3-6,9,12-13H,7-8,14H2,1-2H3. The van der Waals surface area contributed by atoms with Crippen LogP contribution >= 0.6 is 0 Å². The van der Waals surface area contributed by atoms with Gasteiger partial charge in [0.05, 0.1) is 0 Å². The maximum Gasteiger partial charge on any atom is 0.0114 e. The highest BCUT2D eigenvalue weighted by atomic mass is 14.7. The Kier molecular flexibility index (Phi) is 2.60. The molecule has 1 aromatic carbocycles. The van der Waals surface area contributed by atoms with Crippen LogP contribution in [-0.4, -0.2) is 6.04 Å². The fourth-order valence-corrected chi connectivity index (χ4v) is 2.67. The van der Waals surface area contributed by atoms with Crippen molar-refractivity contribution < 1.29 is 0 Å². The number of rotatable bonds is 1. The van der Waals surface area contributed by atoms with E-state index in [1.807, 2.05) is 0 Å². The normalized spacial score (nSPS) is 26.3. The predicted octanol–water partition coefficient (Wildman–Crippen LogP) is 2.70. The zero-order chi connectivity index (χ0) is 10.1. The molecule has 1 aliphatic rings. The van der Waals surface area contributed by atoms with E-state index in [0.717, 1.165) is 12.8 Å². The SMILES string of the molecule is CC(C)C1c2ccccc2CCC1N. The molecular formula is C13H19N. The summed E-state index contributed by atoms with van der Waals surface area (Å²) in [5.41, 5.74) is 9.19. The van der Waals surface area contributed by atoms with Crippen molar-refractivity contribution in [3.63, 3.8) is 0 Å². The third kappa shape index (κ3) is 1.57. The van der Waals surface area contributed by atoms with Gasteiger partial charge in [-0.1, -0.05) is 38.1 Å². The van der Waals surface area contributed by atoms with E-state index in [1.54, 1.807) is 0 Å². The minimum Gasteiger partial charge on any atom is -0.327 e. The third-order valence-corrected chi connectivity index (χ3v) is 3.34. The molecule has 14 heavy (non-hydrogen) atoms. The number of hydrogen-bond acceptors (Lipinski definition) is 1. The molecule has 76 valence electrons. The van der Waals surface area contributed by atoms with Crippen molar-refractivity contribution in [1.29, 1.82) is 0 Å². The van der Waals surface area contributed by atoms with E-state index in [-0.39, 0.29) is 0 Å². The van der Waals surface area contributed by atoms with Crippen molar-refractivity contribution in [2.45, 2.75) is 38.6 Å². The lowest BCUT2D eigenvalue weighted by Crippen LogP contribution is -2.35. The van der Waals surface area contributed by atoms with Gasteiger partial charge >= 0.3 is 0 Å². The molecule has 0 aromatic heterocycles. The van der Waals surface area contributed by atoms with Gasteiger partial charge in [-0.25, -0.2) is 0 Å². The number of hydrogen-bond donors (Lipinski definition) is 1. The monoisotopic (exact) mass is 189 g/mol. The molecule has 2 N–H and O–H groups in total. The second-order valence-electron chi connectivity index (χ2n) is 4.67. The summed E-state index contributed by atoms with van der Waals surface area (Å²) in [7, 11) is 0. The summed E-state index contributed by atoms with van der Waals surface area (Å²) in [4.78, 5) is 0. The van der Waals surface area contributed by atoms with Crippen LogP contribution in [0.1, 0.15) is 37.3 Å². The number of fused-ring (bicyclic) bond motifs is 1. The molecule has 0 saturated heterocycles. The fourth-order valence-electron chi connectivity index (χ4n) is 2.67. The Morgan fingerprint density at radius 1 is 1.29 bits per heavy atom. The van der Waals surface area contributed by atoms with Gasteiger partial charge in [0.25, 0.3) is 0 Å². The maximum absolute atomic E-state index is 6.19. The van der Waals surface area contributed by atoms with Crippen LogP contribution in [0, 0.1) is 5.92 Å². The maximum atomic E-state index is 6.19. The molecule has 1 nitrogen and oxygen atoms in total. The van der Waals surface area contributed by atoms with Crippen molar-refractivity contribution in [1.82, 2.24) is 0 Å². The van der Waals surface area contributed by atoms with E-state index in [1.165, 1.54) is 11.1 Å². The zero-order valence-electron chi connectivity index (χ0n) is 9.03. The highest BCUT2D eigenvalue weighted by Gasteiger charge is 2.28. The van der Waals surface area contributed by atoms with E-state index in [4.69, 9.17) is 5.73 Å². The van der Waals surface area contributed by atoms with Crippen molar-refractivity contribution in [2.24, 2.45) is 11.7 Å². The van der Waals surface area contributed by atoms with Gasteiger partial charge in [0, 0.05) is 12.0 Å². The number of nitrogens with two attached hydrogens (primary N) is 1. The average molecular weight is 189 g/mol. The van der Waals surface area contributed by atoms with Gasteiger partial charge in [-0.15, -0.1) is 0 Å². The summed E-state index contributed by atoms with van der Waals surface area (Å²) in [5.74, 6) is 1.20. The molecule has 2 unspecified atom stereocenters. The lowest BCUT2D eigenvalue weighted by molar-refractivity contribution is 0.379. The summed E-state index contributed by atoms with van der Waals surface area (Å²) >= 11 is 0. The van der Waals surface area contributed by atoms with E-state index in [0.29, 0.717) is 17.9 Å². The lowest BCUT2D eigenvalue weighted by Gasteiger charge is -2.34. The smallest absolute Gasteiger partial charge is 0.0114 e. The second-order valence-corrected chi connectivity index (χ2v) is 4.67. The van der Waals surface area contributed by atoms with Crippen molar-refractivity contribution in [2.75, 3.05) is 0 Å². The number of aryl methyl sites for hydroxylation is 1. The van der Waals surface area contributed by atoms with Crippen LogP contribution in [-0.2, 0) is 6.42 Å². The first-order valence-electron chi connectivity index (χ1n) is 5.53. The Balaban J connectivity index is 2.41. The molecule has 0 saturated carbocycles. The lowest BCUT2D eigenvalue weighted by atomic mass is 9.74. The first-order chi connectivity index (χ1) is 6.70. The molecule has 0 spiro atoms. The quantitative estimate of drug-likeness (QED) is 0.722. The van der Waals surface area contributed by atoms with Gasteiger partial charge in [-0.2, -0.15) is 0 Å². The Labute approximate surface area is 86.3 Å². The minimum absolute atomic E-state index is 0.352. The first-order valence-corrected chi connectivity index (χ1v) is 5.53. The van der Waals surface area contributed by atoms with Crippen molar-refractivity contribution in [3.8, 4) is 0 Å². The molecule has 1 aromatic rings. The average Bonchev–Trinajstić information content (AvgIpc) is 2.17. The topological polar surface area (TPSA) is 26.0 Å². The van der Waals surface area contributed by atoms with E-state index in [9.17, 15) is 0 Å². The van der Waals surface area contributed by atoms with Crippen LogP contribution in [0.25, 0.3) is 0 Å². The van der Waals surface area contributed by atoms with Crippen LogP contribution < -0.4 is 5.73 Å². The Morgan fingerprint density at radius 2 is 2.00 bits per heavy atom. The first kappa shape index (κ1) is 9.72. The van der Waals surface area contributed by atoms with Crippen LogP contribution in [0.4, 0.5) is 0 Å². The minimum atomic E-state index is 0.352. The summed E-state index contributed by atoms with van der Waals surface area (Å²) in [6, 6.07) is 9.11.